The van der Waals surface area contributed by atoms with Crippen LogP contribution >= 0.6 is 11.6 Å². The summed E-state index contributed by atoms with van der Waals surface area (Å²) < 4.78 is 26.5. The molecule has 0 saturated carbocycles. The fraction of sp³-hybridized carbons (Fsp3) is 0.538. The van der Waals surface area contributed by atoms with Crippen molar-refractivity contribution in [2.75, 3.05) is 13.1 Å². The minimum absolute atomic E-state index is 0.0214. The van der Waals surface area contributed by atoms with Crippen LogP contribution in [0.25, 0.3) is 0 Å². The summed E-state index contributed by atoms with van der Waals surface area (Å²) in [6.07, 6.45) is 0.153. The van der Waals surface area contributed by atoms with Crippen LogP contribution in [-0.2, 0) is 16.6 Å². The van der Waals surface area contributed by atoms with Crippen molar-refractivity contribution in [3.63, 3.8) is 0 Å². The molecule has 0 radical (unpaired) electrons. The van der Waals surface area contributed by atoms with Gasteiger partial charge in [0, 0.05) is 19.6 Å². The molecule has 1 aliphatic heterocycles. The molecular weight excluding hydrogens is 300 g/mol. The highest BCUT2D eigenvalue weighted by Crippen LogP contribution is 2.30. The van der Waals surface area contributed by atoms with Crippen LogP contribution in [0.15, 0.2) is 23.1 Å². The second-order valence-corrected chi connectivity index (χ2v) is 7.43. The van der Waals surface area contributed by atoms with Gasteiger partial charge in [-0.1, -0.05) is 17.7 Å². The fourth-order valence-corrected chi connectivity index (χ4v) is 4.44. The number of aliphatic hydroxyl groups excluding tert-OH is 1. The van der Waals surface area contributed by atoms with E-state index in [9.17, 15) is 13.5 Å². The largest absolute Gasteiger partial charge is 0.393 e. The molecule has 0 spiro atoms. The molecule has 1 aliphatic rings. The Labute approximate surface area is 124 Å². The van der Waals surface area contributed by atoms with Gasteiger partial charge in [-0.25, -0.2) is 8.42 Å². The number of hydrogen-bond donors (Lipinski definition) is 2. The maximum Gasteiger partial charge on any atom is 0.244 e. The van der Waals surface area contributed by atoms with Gasteiger partial charge in [-0.05, 0) is 37.0 Å². The Morgan fingerprint density at radius 1 is 1.55 bits per heavy atom. The van der Waals surface area contributed by atoms with Crippen molar-refractivity contribution in [1.29, 1.82) is 0 Å². The molecule has 5 nitrogen and oxygen atoms in total. The molecule has 0 amide bonds. The third-order valence-electron chi connectivity index (χ3n) is 3.72. The molecule has 7 heteroatoms. The number of hydrogen-bond acceptors (Lipinski definition) is 4. The molecule has 2 unspecified atom stereocenters. The first-order chi connectivity index (χ1) is 9.36. The first kappa shape index (κ1) is 15.7. The van der Waals surface area contributed by atoms with E-state index in [-0.39, 0.29) is 15.8 Å². The number of nitrogens with zero attached hydrogens (tertiary/aromatic N) is 1. The standard InChI is InChI=1S/C13H19ClN2O3S/c1-9(17)11-4-5-16(8-11)20(18,19)13-3-2-10(7-15)6-12(13)14/h2-3,6,9,11,17H,4-5,7-8,15H2,1H3. The van der Waals surface area contributed by atoms with Crippen LogP contribution in [-0.4, -0.2) is 37.0 Å². The van der Waals surface area contributed by atoms with E-state index in [0.717, 1.165) is 5.56 Å². The summed E-state index contributed by atoms with van der Waals surface area (Å²) in [4.78, 5) is 0.0996. The number of halogens is 1. The van der Waals surface area contributed by atoms with Crippen LogP contribution < -0.4 is 5.73 Å². The van der Waals surface area contributed by atoms with Crippen LogP contribution in [0.2, 0.25) is 5.02 Å². The quantitative estimate of drug-likeness (QED) is 0.873. The van der Waals surface area contributed by atoms with Crippen molar-refractivity contribution in [2.45, 2.75) is 30.9 Å². The van der Waals surface area contributed by atoms with E-state index in [1.54, 1.807) is 19.1 Å². The van der Waals surface area contributed by atoms with Gasteiger partial charge in [0.05, 0.1) is 11.1 Å². The number of rotatable bonds is 4. The van der Waals surface area contributed by atoms with Crippen molar-refractivity contribution < 1.29 is 13.5 Å². The van der Waals surface area contributed by atoms with Crippen LogP contribution in [0.1, 0.15) is 18.9 Å². The van der Waals surface area contributed by atoms with Crippen molar-refractivity contribution >= 4 is 21.6 Å². The number of benzene rings is 1. The summed E-state index contributed by atoms with van der Waals surface area (Å²) in [7, 11) is -3.61. The Bertz CT molecular complexity index is 589. The highest BCUT2D eigenvalue weighted by molar-refractivity contribution is 7.89. The lowest BCUT2D eigenvalue weighted by molar-refractivity contribution is 0.133. The van der Waals surface area contributed by atoms with Crippen LogP contribution in [0.4, 0.5) is 0 Å². The zero-order valence-electron chi connectivity index (χ0n) is 11.3. The van der Waals surface area contributed by atoms with Gasteiger partial charge < -0.3 is 10.8 Å². The summed E-state index contributed by atoms with van der Waals surface area (Å²) in [5.74, 6) is -0.0214. The van der Waals surface area contributed by atoms with E-state index < -0.39 is 16.1 Å². The highest BCUT2D eigenvalue weighted by Gasteiger charge is 2.35. The molecule has 1 fully saturated rings. The van der Waals surface area contributed by atoms with Gasteiger partial charge in [0.2, 0.25) is 10.0 Å². The predicted octanol–water partition coefficient (Wildman–Crippen LogP) is 1.19. The van der Waals surface area contributed by atoms with Crippen molar-refractivity contribution in [2.24, 2.45) is 11.7 Å². The van der Waals surface area contributed by atoms with E-state index in [0.29, 0.717) is 26.1 Å². The monoisotopic (exact) mass is 318 g/mol. The lowest BCUT2D eigenvalue weighted by Gasteiger charge is -2.18. The Kier molecular flexibility index (Phi) is 4.71. The average molecular weight is 319 g/mol. The Balaban J connectivity index is 2.27. The molecular formula is C13H19ClN2O3S. The normalized spacial score (nSPS) is 22.1. The van der Waals surface area contributed by atoms with E-state index in [1.807, 2.05) is 0 Å². The van der Waals surface area contributed by atoms with Crippen molar-refractivity contribution in [3.05, 3.63) is 28.8 Å². The summed E-state index contributed by atoms with van der Waals surface area (Å²) in [5, 5.41) is 9.76. The fourth-order valence-electron chi connectivity index (χ4n) is 2.39. The van der Waals surface area contributed by atoms with Gasteiger partial charge >= 0.3 is 0 Å². The molecule has 1 heterocycles. The Morgan fingerprint density at radius 3 is 2.75 bits per heavy atom. The number of aliphatic hydroxyl groups is 1. The minimum Gasteiger partial charge on any atom is -0.393 e. The molecule has 112 valence electrons. The van der Waals surface area contributed by atoms with Crippen molar-refractivity contribution in [1.82, 2.24) is 4.31 Å². The number of nitrogens with two attached hydrogens (primary N) is 1. The lowest BCUT2D eigenvalue weighted by atomic mass is 10.0. The summed E-state index contributed by atoms with van der Waals surface area (Å²) in [6.45, 7) is 2.74. The second-order valence-electron chi connectivity index (χ2n) is 5.12. The molecule has 1 saturated heterocycles. The molecule has 3 N–H and O–H groups in total. The third-order valence-corrected chi connectivity index (χ3v) is 6.07. The van der Waals surface area contributed by atoms with Gasteiger partial charge in [0.25, 0.3) is 0 Å². The molecule has 1 aromatic rings. The summed E-state index contributed by atoms with van der Waals surface area (Å²) >= 11 is 6.06. The molecule has 0 aliphatic carbocycles. The van der Waals surface area contributed by atoms with Gasteiger partial charge in [-0.15, -0.1) is 0 Å². The van der Waals surface area contributed by atoms with Gasteiger partial charge in [-0.3, -0.25) is 0 Å². The number of sulfonamides is 1. The van der Waals surface area contributed by atoms with Gasteiger partial charge in [0.1, 0.15) is 4.90 Å². The Morgan fingerprint density at radius 2 is 2.25 bits per heavy atom. The zero-order valence-corrected chi connectivity index (χ0v) is 12.9. The average Bonchev–Trinajstić information content (AvgIpc) is 2.88. The van der Waals surface area contributed by atoms with E-state index in [1.165, 1.54) is 10.4 Å². The van der Waals surface area contributed by atoms with Gasteiger partial charge in [-0.2, -0.15) is 4.31 Å². The molecule has 1 aromatic carbocycles. The maximum atomic E-state index is 12.6. The smallest absolute Gasteiger partial charge is 0.244 e. The molecule has 2 rings (SSSR count). The maximum absolute atomic E-state index is 12.6. The summed E-state index contributed by atoms with van der Waals surface area (Å²) in [5.41, 5.74) is 6.29. The minimum atomic E-state index is -3.61. The molecule has 20 heavy (non-hydrogen) atoms. The van der Waals surface area contributed by atoms with Crippen LogP contribution in [0.3, 0.4) is 0 Å². The van der Waals surface area contributed by atoms with Crippen LogP contribution in [0.5, 0.6) is 0 Å². The van der Waals surface area contributed by atoms with E-state index in [4.69, 9.17) is 17.3 Å². The molecule has 0 bridgehead atoms. The summed E-state index contributed by atoms with van der Waals surface area (Å²) in [6, 6.07) is 4.74. The molecule has 0 aromatic heterocycles. The van der Waals surface area contributed by atoms with Crippen LogP contribution in [0, 0.1) is 5.92 Å². The SMILES string of the molecule is CC(O)C1CCN(S(=O)(=O)c2ccc(CN)cc2Cl)C1. The first-order valence-electron chi connectivity index (χ1n) is 6.53. The van der Waals surface area contributed by atoms with E-state index in [2.05, 4.69) is 0 Å². The Hall–Kier alpha value is -0.660. The lowest BCUT2D eigenvalue weighted by Crippen LogP contribution is -2.30. The molecule has 2 atom stereocenters. The highest BCUT2D eigenvalue weighted by atomic mass is 35.5. The second kappa shape index (κ2) is 5.99. The van der Waals surface area contributed by atoms with E-state index >= 15 is 0 Å². The van der Waals surface area contributed by atoms with Crippen molar-refractivity contribution in [3.8, 4) is 0 Å². The topological polar surface area (TPSA) is 83.6 Å². The third kappa shape index (κ3) is 2.99. The van der Waals surface area contributed by atoms with Gasteiger partial charge in [0.15, 0.2) is 0 Å². The first-order valence-corrected chi connectivity index (χ1v) is 8.34. The zero-order chi connectivity index (χ0) is 14.9. The predicted molar refractivity (Wildman–Crippen MR) is 77.9 cm³/mol.